The van der Waals surface area contributed by atoms with Crippen LogP contribution in [-0.2, 0) is 17.2 Å². The smallest absolute Gasteiger partial charge is 0.124 e. The minimum absolute atomic E-state index is 0.449. The lowest BCUT2D eigenvalue weighted by molar-refractivity contribution is 0.126. The van der Waals surface area contributed by atoms with Gasteiger partial charge in [0.15, 0.2) is 0 Å². The van der Waals surface area contributed by atoms with Gasteiger partial charge in [-0.2, -0.15) is 0 Å². The van der Waals surface area contributed by atoms with Crippen LogP contribution in [0, 0.1) is 6.92 Å². The van der Waals surface area contributed by atoms with Crippen LogP contribution in [0.3, 0.4) is 0 Å². The van der Waals surface area contributed by atoms with Gasteiger partial charge in [0.2, 0.25) is 0 Å². The van der Waals surface area contributed by atoms with Gasteiger partial charge in [-0.3, -0.25) is 0 Å². The minimum Gasteiger partial charge on any atom is -0.381 e. The first-order chi connectivity index (χ1) is 9.77. The Labute approximate surface area is 125 Å². The molecule has 0 aliphatic rings. The van der Waals surface area contributed by atoms with E-state index in [9.17, 15) is 0 Å². The van der Waals surface area contributed by atoms with E-state index in [0.29, 0.717) is 5.88 Å². The topological polar surface area (TPSA) is 27.1 Å². The Bertz CT molecular complexity index is 551. The summed E-state index contributed by atoms with van der Waals surface area (Å²) in [5.74, 6) is 1.40. The molecule has 0 aliphatic carbocycles. The predicted molar refractivity (Wildman–Crippen MR) is 84.4 cm³/mol. The molecule has 4 heteroatoms. The molecule has 0 N–H and O–H groups in total. The number of nitrogens with zero attached hydrogens (tertiary/aromatic N) is 2. The summed E-state index contributed by atoms with van der Waals surface area (Å²) in [5, 5.41) is 0. The van der Waals surface area contributed by atoms with Gasteiger partial charge in [-0.1, -0.05) is 25.5 Å². The van der Waals surface area contributed by atoms with Crippen LogP contribution in [0.2, 0.25) is 0 Å². The molecule has 0 saturated heterocycles. The number of hydrogen-bond donors (Lipinski definition) is 0. The Balaban J connectivity index is 2.03. The molecular formula is C16H23ClN2O. The van der Waals surface area contributed by atoms with Crippen molar-refractivity contribution in [2.45, 2.75) is 45.5 Å². The molecule has 0 unspecified atom stereocenters. The molecule has 1 heterocycles. The molecule has 2 aromatic rings. The maximum atomic E-state index is 6.02. The first-order valence-electron chi connectivity index (χ1n) is 7.36. The lowest BCUT2D eigenvalue weighted by Gasteiger charge is -2.08. The number of imidazole rings is 1. The molecule has 0 aliphatic heterocycles. The SMILES string of the molecule is CCCCOCCCn1c(CCl)nc2c(C)cccc21. The van der Waals surface area contributed by atoms with E-state index in [-0.39, 0.29) is 0 Å². The van der Waals surface area contributed by atoms with Crippen molar-refractivity contribution in [1.82, 2.24) is 9.55 Å². The number of unbranched alkanes of at least 4 members (excludes halogenated alkanes) is 1. The fraction of sp³-hybridized carbons (Fsp3) is 0.562. The fourth-order valence-corrected chi connectivity index (χ4v) is 2.56. The van der Waals surface area contributed by atoms with E-state index in [1.807, 2.05) is 0 Å². The molecule has 1 aromatic carbocycles. The van der Waals surface area contributed by atoms with Crippen LogP contribution in [0.5, 0.6) is 0 Å². The van der Waals surface area contributed by atoms with E-state index >= 15 is 0 Å². The molecule has 3 nitrogen and oxygen atoms in total. The van der Waals surface area contributed by atoms with Gasteiger partial charge in [0, 0.05) is 19.8 Å². The van der Waals surface area contributed by atoms with E-state index in [2.05, 4.69) is 41.6 Å². The molecule has 0 spiro atoms. The van der Waals surface area contributed by atoms with Crippen molar-refractivity contribution < 1.29 is 4.74 Å². The quantitative estimate of drug-likeness (QED) is 0.536. The summed E-state index contributed by atoms with van der Waals surface area (Å²) in [7, 11) is 0. The average Bonchev–Trinajstić information content (AvgIpc) is 2.82. The Morgan fingerprint density at radius 2 is 2.05 bits per heavy atom. The monoisotopic (exact) mass is 294 g/mol. The Hall–Kier alpha value is -1.06. The molecule has 0 bridgehead atoms. The van der Waals surface area contributed by atoms with Crippen molar-refractivity contribution >= 4 is 22.6 Å². The highest BCUT2D eigenvalue weighted by Crippen LogP contribution is 2.21. The van der Waals surface area contributed by atoms with Gasteiger partial charge in [0.25, 0.3) is 0 Å². The largest absolute Gasteiger partial charge is 0.381 e. The summed E-state index contributed by atoms with van der Waals surface area (Å²) in [5.41, 5.74) is 3.44. The van der Waals surface area contributed by atoms with E-state index < -0.39 is 0 Å². The maximum absolute atomic E-state index is 6.02. The van der Waals surface area contributed by atoms with Crippen LogP contribution in [0.25, 0.3) is 11.0 Å². The third-order valence-corrected chi connectivity index (χ3v) is 3.73. The molecule has 0 amide bonds. The van der Waals surface area contributed by atoms with E-state index in [1.165, 1.54) is 17.5 Å². The number of ether oxygens (including phenoxy) is 1. The molecule has 1 aromatic heterocycles. The summed E-state index contributed by atoms with van der Waals surface area (Å²) in [6.45, 7) is 6.84. The molecular weight excluding hydrogens is 272 g/mol. The molecule has 110 valence electrons. The highest BCUT2D eigenvalue weighted by molar-refractivity contribution is 6.16. The van der Waals surface area contributed by atoms with Gasteiger partial charge < -0.3 is 9.30 Å². The number of aromatic nitrogens is 2. The van der Waals surface area contributed by atoms with E-state index in [1.54, 1.807) is 0 Å². The van der Waals surface area contributed by atoms with Gasteiger partial charge in [-0.05, 0) is 31.4 Å². The molecule has 2 rings (SSSR count). The summed E-state index contributed by atoms with van der Waals surface area (Å²) in [4.78, 5) is 4.65. The van der Waals surface area contributed by atoms with Crippen molar-refractivity contribution in [1.29, 1.82) is 0 Å². The minimum atomic E-state index is 0.449. The lowest BCUT2D eigenvalue weighted by atomic mass is 10.2. The zero-order valence-corrected chi connectivity index (χ0v) is 13.1. The molecule has 0 saturated carbocycles. The highest BCUT2D eigenvalue weighted by Gasteiger charge is 2.10. The standard InChI is InChI=1S/C16H23ClN2O/c1-3-4-10-20-11-6-9-19-14-8-5-7-13(2)16(14)18-15(19)12-17/h5,7-8H,3-4,6,9-12H2,1-2H3. The number of fused-ring (bicyclic) bond motifs is 1. The number of benzene rings is 1. The molecule has 0 fully saturated rings. The number of alkyl halides is 1. The third-order valence-electron chi connectivity index (χ3n) is 3.49. The van der Waals surface area contributed by atoms with Gasteiger partial charge in [-0.15, -0.1) is 11.6 Å². The van der Waals surface area contributed by atoms with Crippen LogP contribution < -0.4 is 0 Å². The zero-order chi connectivity index (χ0) is 14.4. The highest BCUT2D eigenvalue weighted by atomic mass is 35.5. The summed E-state index contributed by atoms with van der Waals surface area (Å²) >= 11 is 6.02. The lowest BCUT2D eigenvalue weighted by Crippen LogP contribution is -2.06. The van der Waals surface area contributed by atoms with Crippen molar-refractivity contribution in [3.05, 3.63) is 29.6 Å². The van der Waals surface area contributed by atoms with Crippen LogP contribution in [-0.4, -0.2) is 22.8 Å². The predicted octanol–water partition coefficient (Wildman–Crippen LogP) is 4.29. The maximum Gasteiger partial charge on any atom is 0.124 e. The molecule has 0 atom stereocenters. The van der Waals surface area contributed by atoms with Gasteiger partial charge >= 0.3 is 0 Å². The van der Waals surface area contributed by atoms with E-state index in [4.69, 9.17) is 16.3 Å². The van der Waals surface area contributed by atoms with Gasteiger partial charge in [0.1, 0.15) is 5.82 Å². The number of rotatable bonds is 8. The first-order valence-corrected chi connectivity index (χ1v) is 7.89. The molecule has 0 radical (unpaired) electrons. The second-order valence-corrected chi connectivity index (χ2v) is 5.34. The average molecular weight is 295 g/mol. The zero-order valence-electron chi connectivity index (χ0n) is 12.4. The Morgan fingerprint density at radius 3 is 2.80 bits per heavy atom. The number of aryl methyl sites for hydroxylation is 2. The first kappa shape index (κ1) is 15.3. The van der Waals surface area contributed by atoms with Crippen molar-refractivity contribution in [2.24, 2.45) is 0 Å². The van der Waals surface area contributed by atoms with Gasteiger partial charge in [-0.25, -0.2) is 4.98 Å². The Kier molecular flexibility index (Phi) is 5.86. The second kappa shape index (κ2) is 7.65. The number of halogens is 1. The number of para-hydroxylation sites is 1. The Morgan fingerprint density at radius 1 is 1.25 bits per heavy atom. The van der Waals surface area contributed by atoms with Crippen molar-refractivity contribution in [3.63, 3.8) is 0 Å². The second-order valence-electron chi connectivity index (χ2n) is 5.08. The van der Waals surface area contributed by atoms with Crippen LogP contribution in [0.4, 0.5) is 0 Å². The summed E-state index contributed by atoms with van der Waals surface area (Å²) < 4.78 is 7.84. The summed E-state index contributed by atoms with van der Waals surface area (Å²) in [6.07, 6.45) is 3.31. The van der Waals surface area contributed by atoms with Gasteiger partial charge in [0.05, 0.1) is 16.9 Å². The van der Waals surface area contributed by atoms with E-state index in [0.717, 1.165) is 43.9 Å². The molecule has 20 heavy (non-hydrogen) atoms. The summed E-state index contributed by atoms with van der Waals surface area (Å²) in [6, 6.07) is 6.28. The van der Waals surface area contributed by atoms with Crippen molar-refractivity contribution in [2.75, 3.05) is 13.2 Å². The fourth-order valence-electron chi connectivity index (χ4n) is 2.36. The van der Waals surface area contributed by atoms with Crippen molar-refractivity contribution in [3.8, 4) is 0 Å². The normalized spacial score (nSPS) is 11.3. The number of hydrogen-bond acceptors (Lipinski definition) is 2. The van der Waals surface area contributed by atoms with Crippen LogP contribution in [0.1, 0.15) is 37.6 Å². The van der Waals surface area contributed by atoms with Crippen LogP contribution in [0.15, 0.2) is 18.2 Å². The third kappa shape index (κ3) is 3.53. The van der Waals surface area contributed by atoms with Crippen LogP contribution >= 0.6 is 11.6 Å².